The number of thioether (sulfide) groups is 1. The number of Topliss-reactive ketones (excluding diaryl/α,β-unsaturated/α-hetero) is 1. The molecular formula is C21H18Cl2N3O2S+. The van der Waals surface area contributed by atoms with E-state index >= 15 is 0 Å². The van der Waals surface area contributed by atoms with Crippen LogP contribution in [-0.2, 0) is 6.54 Å². The third kappa shape index (κ3) is 4.12. The Morgan fingerprint density at radius 2 is 1.97 bits per heavy atom. The minimum atomic E-state index is -0.584. The van der Waals surface area contributed by atoms with Crippen molar-refractivity contribution in [2.24, 2.45) is 5.73 Å². The molecule has 4 rings (SSSR count). The number of ketones is 1. The minimum absolute atomic E-state index is 0.0580. The van der Waals surface area contributed by atoms with Gasteiger partial charge in [-0.15, -0.1) is 11.8 Å². The SMILES string of the molecule is NC(=O)c1c(C2NC3C=CC=CC3S2)ccc[n+]1CC(=O)c1ccc(Cl)cc1Cl. The van der Waals surface area contributed by atoms with Gasteiger partial charge in [-0.05, 0) is 24.3 Å². The van der Waals surface area contributed by atoms with E-state index in [4.69, 9.17) is 28.9 Å². The van der Waals surface area contributed by atoms with Crippen molar-refractivity contribution < 1.29 is 14.2 Å². The first-order valence-corrected chi connectivity index (χ1v) is 10.7. The van der Waals surface area contributed by atoms with E-state index in [0.29, 0.717) is 16.3 Å². The molecule has 1 fully saturated rings. The molecule has 0 radical (unpaired) electrons. The summed E-state index contributed by atoms with van der Waals surface area (Å²) in [4.78, 5) is 25.1. The Morgan fingerprint density at radius 3 is 2.69 bits per heavy atom. The summed E-state index contributed by atoms with van der Waals surface area (Å²) in [6.45, 7) is -0.0580. The Morgan fingerprint density at radius 1 is 1.17 bits per heavy atom. The lowest BCUT2D eigenvalue weighted by Gasteiger charge is -2.14. The van der Waals surface area contributed by atoms with Gasteiger partial charge in [0.2, 0.25) is 12.3 Å². The number of nitrogens with two attached hydrogens (primary N) is 1. The molecule has 1 aromatic carbocycles. The van der Waals surface area contributed by atoms with E-state index in [1.54, 1.807) is 34.7 Å². The molecule has 0 bridgehead atoms. The van der Waals surface area contributed by atoms with Crippen LogP contribution in [0, 0.1) is 0 Å². The Bertz CT molecular complexity index is 1030. The second-order valence-electron chi connectivity index (χ2n) is 6.79. The maximum absolute atomic E-state index is 12.8. The number of nitrogens with zero attached hydrogens (tertiary/aromatic N) is 1. The molecule has 1 amide bonds. The van der Waals surface area contributed by atoms with Crippen LogP contribution >= 0.6 is 35.0 Å². The number of amides is 1. The van der Waals surface area contributed by atoms with Crippen LogP contribution in [0.25, 0.3) is 0 Å². The van der Waals surface area contributed by atoms with Crippen LogP contribution in [0.2, 0.25) is 10.0 Å². The van der Waals surface area contributed by atoms with E-state index in [9.17, 15) is 9.59 Å². The molecule has 1 aliphatic heterocycles. The molecule has 2 aromatic rings. The van der Waals surface area contributed by atoms with Crippen molar-refractivity contribution in [3.05, 3.63) is 87.7 Å². The highest BCUT2D eigenvalue weighted by Gasteiger charge is 2.37. The van der Waals surface area contributed by atoms with Crippen molar-refractivity contribution in [2.75, 3.05) is 0 Å². The Labute approximate surface area is 182 Å². The van der Waals surface area contributed by atoms with Crippen LogP contribution in [0.1, 0.15) is 31.8 Å². The maximum atomic E-state index is 12.8. The fourth-order valence-electron chi connectivity index (χ4n) is 3.55. The fraction of sp³-hybridized carbons (Fsp3) is 0.190. The van der Waals surface area contributed by atoms with Crippen molar-refractivity contribution in [2.45, 2.75) is 23.2 Å². The molecule has 1 aliphatic carbocycles. The average Bonchev–Trinajstić information content (AvgIpc) is 3.11. The highest BCUT2D eigenvalue weighted by Crippen LogP contribution is 2.40. The summed E-state index contributed by atoms with van der Waals surface area (Å²) in [7, 11) is 0. The van der Waals surface area contributed by atoms with Gasteiger partial charge in [-0.3, -0.25) is 14.9 Å². The topological polar surface area (TPSA) is 76.1 Å². The first-order valence-electron chi connectivity index (χ1n) is 9.01. The van der Waals surface area contributed by atoms with Gasteiger partial charge in [0, 0.05) is 27.9 Å². The van der Waals surface area contributed by atoms with E-state index < -0.39 is 5.91 Å². The van der Waals surface area contributed by atoms with Crippen molar-refractivity contribution >= 4 is 46.7 Å². The number of carbonyl (C=O) groups excluding carboxylic acids is 2. The van der Waals surface area contributed by atoms with Gasteiger partial charge in [0.25, 0.3) is 5.69 Å². The van der Waals surface area contributed by atoms with Crippen LogP contribution in [0.5, 0.6) is 0 Å². The molecule has 8 heteroatoms. The highest BCUT2D eigenvalue weighted by atomic mass is 35.5. The molecule has 29 heavy (non-hydrogen) atoms. The lowest BCUT2D eigenvalue weighted by Crippen LogP contribution is -2.46. The quantitative estimate of drug-likeness (QED) is 0.544. The molecule has 1 aromatic heterocycles. The number of fused-ring (bicyclic) bond motifs is 1. The Kier molecular flexibility index (Phi) is 5.79. The molecule has 2 aliphatic rings. The zero-order chi connectivity index (χ0) is 20.5. The highest BCUT2D eigenvalue weighted by molar-refractivity contribution is 8.00. The van der Waals surface area contributed by atoms with Crippen LogP contribution in [0.15, 0.2) is 60.8 Å². The number of aromatic nitrogens is 1. The molecule has 3 atom stereocenters. The fourth-order valence-corrected chi connectivity index (χ4v) is 5.47. The summed E-state index contributed by atoms with van der Waals surface area (Å²) in [5.41, 5.74) is 7.13. The van der Waals surface area contributed by atoms with Crippen LogP contribution in [-0.4, -0.2) is 23.0 Å². The zero-order valence-corrected chi connectivity index (χ0v) is 17.5. The van der Waals surface area contributed by atoms with E-state index in [-0.39, 0.29) is 34.0 Å². The van der Waals surface area contributed by atoms with Crippen molar-refractivity contribution in [3.8, 4) is 0 Å². The van der Waals surface area contributed by atoms with E-state index in [1.807, 2.05) is 24.3 Å². The number of pyridine rings is 1. The number of benzene rings is 1. The third-order valence-electron chi connectivity index (χ3n) is 4.89. The van der Waals surface area contributed by atoms with E-state index in [2.05, 4.69) is 17.5 Å². The van der Waals surface area contributed by atoms with Crippen molar-refractivity contribution in [1.82, 2.24) is 5.32 Å². The number of rotatable bonds is 5. The third-order valence-corrected chi connectivity index (χ3v) is 6.86. The predicted molar refractivity (Wildman–Crippen MR) is 115 cm³/mol. The molecule has 3 N–H and O–H groups in total. The van der Waals surface area contributed by atoms with Crippen molar-refractivity contribution in [3.63, 3.8) is 0 Å². The molecule has 5 nitrogen and oxygen atoms in total. The van der Waals surface area contributed by atoms with Gasteiger partial charge >= 0.3 is 5.91 Å². The first kappa shape index (κ1) is 20.2. The predicted octanol–water partition coefficient (Wildman–Crippen LogP) is 3.46. The van der Waals surface area contributed by atoms with Gasteiger partial charge in [0.1, 0.15) is 0 Å². The molecule has 0 saturated carbocycles. The smallest absolute Gasteiger partial charge is 0.313 e. The number of nitrogens with one attached hydrogen (secondary N) is 1. The monoisotopic (exact) mass is 446 g/mol. The van der Waals surface area contributed by atoms with E-state index in [1.165, 1.54) is 6.07 Å². The number of primary amides is 1. The van der Waals surface area contributed by atoms with Gasteiger partial charge < -0.3 is 5.73 Å². The van der Waals surface area contributed by atoms with Crippen LogP contribution in [0.4, 0.5) is 0 Å². The summed E-state index contributed by atoms with van der Waals surface area (Å²) in [5, 5.41) is 4.42. The van der Waals surface area contributed by atoms with E-state index in [0.717, 1.165) is 5.56 Å². The first-order chi connectivity index (χ1) is 13.9. The van der Waals surface area contributed by atoms with Gasteiger partial charge in [-0.25, -0.2) is 0 Å². The van der Waals surface area contributed by atoms with Gasteiger partial charge in [0.05, 0.1) is 16.0 Å². The Hall–Kier alpha value is -2.12. The summed E-state index contributed by atoms with van der Waals surface area (Å²) >= 11 is 13.8. The zero-order valence-electron chi connectivity index (χ0n) is 15.2. The van der Waals surface area contributed by atoms with Gasteiger partial charge in [0.15, 0.2) is 6.20 Å². The molecule has 3 unspecified atom stereocenters. The number of hydrogen-bond acceptors (Lipinski definition) is 4. The minimum Gasteiger partial charge on any atom is -0.360 e. The number of carbonyl (C=O) groups is 2. The summed E-state index contributed by atoms with van der Waals surface area (Å²) in [5.74, 6) is -0.818. The van der Waals surface area contributed by atoms with Gasteiger partial charge in [-0.1, -0.05) is 47.5 Å². The van der Waals surface area contributed by atoms with Crippen molar-refractivity contribution in [1.29, 1.82) is 0 Å². The average molecular weight is 447 g/mol. The number of halogens is 2. The van der Waals surface area contributed by atoms with Gasteiger partial charge in [-0.2, -0.15) is 4.57 Å². The normalized spacial score (nSPS) is 22.5. The maximum Gasteiger partial charge on any atom is 0.313 e. The largest absolute Gasteiger partial charge is 0.360 e. The lowest BCUT2D eigenvalue weighted by atomic mass is 10.1. The molecular weight excluding hydrogens is 429 g/mol. The van der Waals surface area contributed by atoms with Crippen LogP contribution in [0.3, 0.4) is 0 Å². The summed E-state index contributed by atoms with van der Waals surface area (Å²) < 4.78 is 1.58. The summed E-state index contributed by atoms with van der Waals surface area (Å²) in [6.07, 6.45) is 9.94. The second-order valence-corrected chi connectivity index (χ2v) is 8.93. The molecule has 0 spiro atoms. The number of hydrogen-bond donors (Lipinski definition) is 2. The Balaban J connectivity index is 1.65. The number of allylic oxidation sites excluding steroid dienone is 2. The van der Waals surface area contributed by atoms with Crippen LogP contribution < -0.4 is 15.6 Å². The molecule has 1 saturated heterocycles. The lowest BCUT2D eigenvalue weighted by molar-refractivity contribution is -0.685. The molecule has 2 heterocycles. The summed E-state index contributed by atoms with van der Waals surface area (Å²) in [6, 6.07) is 8.59. The second kappa shape index (κ2) is 8.32. The molecule has 148 valence electrons. The standard InChI is InChI=1S/C21H17Cl2N3O2S/c22-12-7-8-13(15(23)10-12)17(27)11-26-9-3-4-14(19(26)20(24)28)21-25-16-5-1-2-6-18(16)29-21/h1-10,16,18,21,25H,11H2,(H-,24,28)/p+1.